The third kappa shape index (κ3) is 7.32. The number of carbonyl (C=O) groups is 1. The molecular formula is C24H21ClF3NO4. The van der Waals surface area contributed by atoms with Gasteiger partial charge in [-0.25, -0.2) is 0 Å². The van der Waals surface area contributed by atoms with Gasteiger partial charge in [0.05, 0.1) is 17.1 Å². The van der Waals surface area contributed by atoms with Gasteiger partial charge in [-0.3, -0.25) is 4.79 Å². The molecule has 0 radical (unpaired) electrons. The first kappa shape index (κ1) is 24.3. The third-order valence-corrected chi connectivity index (χ3v) is 4.68. The second-order valence-electron chi connectivity index (χ2n) is 6.93. The molecule has 0 aliphatic rings. The molecule has 0 spiro atoms. The van der Waals surface area contributed by atoms with E-state index in [-0.39, 0.29) is 22.4 Å². The summed E-state index contributed by atoms with van der Waals surface area (Å²) in [5.41, 5.74) is -0.870. The van der Waals surface area contributed by atoms with E-state index in [2.05, 4.69) is 5.32 Å². The summed E-state index contributed by atoms with van der Waals surface area (Å²) in [5, 5.41) is 2.54. The van der Waals surface area contributed by atoms with E-state index >= 15 is 0 Å². The maximum Gasteiger partial charge on any atom is 0.416 e. The van der Waals surface area contributed by atoms with Crippen molar-refractivity contribution in [2.75, 3.05) is 13.2 Å². The van der Waals surface area contributed by atoms with Crippen molar-refractivity contribution < 1.29 is 32.2 Å². The Kier molecular flexibility index (Phi) is 8.06. The van der Waals surface area contributed by atoms with E-state index in [0.29, 0.717) is 24.7 Å². The predicted octanol–water partition coefficient (Wildman–Crippen LogP) is 6.11. The fourth-order valence-electron chi connectivity index (χ4n) is 2.76. The topological polar surface area (TPSA) is 56.8 Å². The average Bonchev–Trinajstić information content (AvgIpc) is 2.78. The Morgan fingerprint density at radius 3 is 2.36 bits per heavy atom. The number of nitrogens with one attached hydrogen (secondary N) is 1. The quantitative estimate of drug-likeness (QED) is 0.376. The van der Waals surface area contributed by atoms with Gasteiger partial charge >= 0.3 is 6.18 Å². The van der Waals surface area contributed by atoms with Gasteiger partial charge in [-0.1, -0.05) is 35.9 Å². The molecule has 1 amide bonds. The lowest BCUT2D eigenvalue weighted by molar-refractivity contribution is -0.137. The molecule has 5 nitrogen and oxygen atoms in total. The van der Waals surface area contributed by atoms with E-state index in [0.717, 1.165) is 18.2 Å². The molecule has 1 atom stereocenters. The molecule has 0 fully saturated rings. The Balaban J connectivity index is 1.52. The molecule has 0 bridgehead atoms. The Morgan fingerprint density at radius 2 is 1.67 bits per heavy atom. The minimum Gasteiger partial charge on any atom is -0.492 e. The fourth-order valence-corrected chi connectivity index (χ4v) is 2.98. The van der Waals surface area contributed by atoms with Crippen LogP contribution >= 0.6 is 11.6 Å². The number of hydrogen-bond acceptors (Lipinski definition) is 4. The van der Waals surface area contributed by atoms with E-state index in [1.165, 1.54) is 6.07 Å². The van der Waals surface area contributed by atoms with Crippen molar-refractivity contribution in [3.05, 3.63) is 83.4 Å². The van der Waals surface area contributed by atoms with Crippen LogP contribution in [-0.4, -0.2) is 25.2 Å². The zero-order valence-electron chi connectivity index (χ0n) is 17.6. The van der Waals surface area contributed by atoms with E-state index in [1.807, 2.05) is 30.3 Å². The summed E-state index contributed by atoms with van der Waals surface area (Å²) >= 11 is 5.93. The molecule has 1 unspecified atom stereocenters. The SMILES string of the molecule is CC(Oc1cccc(Oc2ccc(C(F)(F)F)cc2Cl)c1)C(=O)NCCOc1ccccc1. The van der Waals surface area contributed by atoms with Gasteiger partial charge in [-0.05, 0) is 49.4 Å². The summed E-state index contributed by atoms with van der Waals surface area (Å²) in [6.45, 7) is 2.20. The van der Waals surface area contributed by atoms with Crippen molar-refractivity contribution in [1.29, 1.82) is 0 Å². The maximum atomic E-state index is 12.8. The van der Waals surface area contributed by atoms with Crippen LogP contribution in [0.15, 0.2) is 72.8 Å². The number of hydrogen-bond donors (Lipinski definition) is 1. The fraction of sp³-hybridized carbons (Fsp3) is 0.208. The first-order valence-corrected chi connectivity index (χ1v) is 10.4. The molecule has 33 heavy (non-hydrogen) atoms. The number of carbonyl (C=O) groups excluding carboxylic acids is 1. The summed E-state index contributed by atoms with van der Waals surface area (Å²) in [7, 11) is 0. The number of para-hydroxylation sites is 1. The minimum absolute atomic E-state index is 0.0611. The summed E-state index contributed by atoms with van der Waals surface area (Å²) in [6, 6.07) is 18.4. The van der Waals surface area contributed by atoms with Crippen molar-refractivity contribution in [3.8, 4) is 23.0 Å². The van der Waals surface area contributed by atoms with E-state index in [9.17, 15) is 18.0 Å². The van der Waals surface area contributed by atoms with Crippen LogP contribution in [0.5, 0.6) is 23.0 Å². The second kappa shape index (κ2) is 11.0. The van der Waals surface area contributed by atoms with Gasteiger partial charge in [0.25, 0.3) is 5.91 Å². The highest BCUT2D eigenvalue weighted by Crippen LogP contribution is 2.36. The van der Waals surface area contributed by atoms with Gasteiger partial charge in [0.1, 0.15) is 29.6 Å². The van der Waals surface area contributed by atoms with Crippen molar-refractivity contribution >= 4 is 17.5 Å². The first-order valence-electron chi connectivity index (χ1n) is 9.99. The van der Waals surface area contributed by atoms with Gasteiger partial charge in [-0.15, -0.1) is 0 Å². The van der Waals surface area contributed by atoms with Gasteiger partial charge < -0.3 is 19.5 Å². The van der Waals surface area contributed by atoms with Crippen LogP contribution in [0.4, 0.5) is 13.2 Å². The Bertz CT molecular complexity index is 1080. The maximum absolute atomic E-state index is 12.8. The number of halogens is 4. The molecule has 0 aliphatic heterocycles. The van der Waals surface area contributed by atoms with Gasteiger partial charge in [-0.2, -0.15) is 13.2 Å². The molecule has 0 saturated carbocycles. The number of alkyl halides is 3. The highest BCUT2D eigenvalue weighted by atomic mass is 35.5. The smallest absolute Gasteiger partial charge is 0.416 e. The molecule has 3 aromatic rings. The largest absolute Gasteiger partial charge is 0.492 e. The molecule has 174 valence electrons. The summed E-state index contributed by atoms with van der Waals surface area (Å²) in [4.78, 5) is 12.3. The van der Waals surface area contributed by atoms with E-state index in [4.69, 9.17) is 25.8 Å². The minimum atomic E-state index is -4.50. The van der Waals surface area contributed by atoms with Crippen LogP contribution in [-0.2, 0) is 11.0 Å². The molecule has 0 saturated heterocycles. The van der Waals surface area contributed by atoms with Crippen LogP contribution < -0.4 is 19.5 Å². The normalized spacial score (nSPS) is 12.0. The lowest BCUT2D eigenvalue weighted by Gasteiger charge is -2.16. The van der Waals surface area contributed by atoms with Crippen molar-refractivity contribution in [3.63, 3.8) is 0 Å². The molecule has 3 rings (SSSR count). The summed E-state index contributed by atoms with van der Waals surface area (Å²) < 4.78 is 55.1. The van der Waals surface area contributed by atoms with Crippen LogP contribution in [0.25, 0.3) is 0 Å². The second-order valence-corrected chi connectivity index (χ2v) is 7.34. The number of benzene rings is 3. The third-order valence-electron chi connectivity index (χ3n) is 4.39. The zero-order valence-corrected chi connectivity index (χ0v) is 18.3. The molecule has 3 aromatic carbocycles. The van der Waals surface area contributed by atoms with Gasteiger partial charge in [0, 0.05) is 6.07 Å². The predicted molar refractivity (Wildman–Crippen MR) is 118 cm³/mol. The molecule has 1 N–H and O–H groups in total. The molecule has 0 heterocycles. The molecule has 9 heteroatoms. The highest BCUT2D eigenvalue weighted by molar-refractivity contribution is 6.32. The Hall–Kier alpha value is -3.39. The first-order chi connectivity index (χ1) is 15.7. The van der Waals surface area contributed by atoms with E-state index < -0.39 is 17.8 Å². The summed E-state index contributed by atoms with van der Waals surface area (Å²) in [6.07, 6.45) is -5.30. The van der Waals surface area contributed by atoms with Crippen LogP contribution in [0.3, 0.4) is 0 Å². The summed E-state index contributed by atoms with van der Waals surface area (Å²) in [5.74, 6) is 1.08. The van der Waals surface area contributed by atoms with Crippen LogP contribution in [0, 0.1) is 0 Å². The van der Waals surface area contributed by atoms with Crippen molar-refractivity contribution in [2.24, 2.45) is 0 Å². The number of ether oxygens (including phenoxy) is 3. The van der Waals surface area contributed by atoms with Crippen molar-refractivity contribution in [1.82, 2.24) is 5.32 Å². The van der Waals surface area contributed by atoms with Gasteiger partial charge in [0.2, 0.25) is 0 Å². The number of rotatable bonds is 9. The van der Waals surface area contributed by atoms with Crippen LogP contribution in [0.1, 0.15) is 12.5 Å². The lowest BCUT2D eigenvalue weighted by atomic mass is 10.2. The monoisotopic (exact) mass is 479 g/mol. The standard InChI is InChI=1S/C24H21ClF3NO4/c1-16(23(30)29-12-13-31-18-6-3-2-4-7-18)32-19-8-5-9-20(15-19)33-22-11-10-17(14-21(22)25)24(26,27)28/h2-11,14-16H,12-13H2,1H3,(H,29,30). The van der Waals surface area contributed by atoms with Crippen LogP contribution in [0.2, 0.25) is 5.02 Å². The zero-order chi connectivity index (χ0) is 23.8. The average molecular weight is 480 g/mol. The van der Waals surface area contributed by atoms with E-state index in [1.54, 1.807) is 25.1 Å². The Labute approximate surface area is 194 Å². The Morgan fingerprint density at radius 1 is 0.970 bits per heavy atom. The molecular weight excluding hydrogens is 459 g/mol. The van der Waals surface area contributed by atoms with Crippen molar-refractivity contribution in [2.45, 2.75) is 19.2 Å². The highest BCUT2D eigenvalue weighted by Gasteiger charge is 2.31. The van der Waals surface area contributed by atoms with Gasteiger partial charge in [0.15, 0.2) is 6.10 Å². The molecule has 0 aromatic heterocycles. The molecule has 0 aliphatic carbocycles. The number of amides is 1. The lowest BCUT2D eigenvalue weighted by Crippen LogP contribution is -2.38.